The number of aldehydes is 2. The second-order valence-electron chi connectivity index (χ2n) is 24.6. The number of nitrogens with zero attached hydrogens (tertiary/aromatic N) is 6. The number of unbranched alkanes of at least 4 members (excludes halogenated alkanes) is 1. The van der Waals surface area contributed by atoms with Crippen LogP contribution in [0.25, 0.3) is 54.5 Å². The van der Waals surface area contributed by atoms with E-state index in [-0.39, 0.29) is 76.4 Å². The molecule has 8 aromatic carbocycles. The van der Waals surface area contributed by atoms with Gasteiger partial charge in [0.05, 0.1) is 57.5 Å². The maximum Gasteiger partial charge on any atom is 1.00 e. The molecule has 0 atom stereocenters. The van der Waals surface area contributed by atoms with Crippen molar-refractivity contribution >= 4 is 206 Å². The maximum absolute atomic E-state index is 10.4. The second-order valence-corrected chi connectivity index (χ2v) is 28.9. The number of rotatable bonds is 16. The molecule has 0 fully saturated rings. The molecule has 3 N–H and O–H groups in total. The van der Waals surface area contributed by atoms with Crippen LogP contribution in [0.2, 0.25) is 0 Å². The van der Waals surface area contributed by atoms with Crippen LogP contribution in [0.4, 0.5) is 17.2 Å². The summed E-state index contributed by atoms with van der Waals surface area (Å²) in [6.45, 7) is 14.9. The van der Waals surface area contributed by atoms with Crippen LogP contribution in [0.5, 0.6) is 34.5 Å². The Hall–Kier alpha value is -5.86. The Labute approximate surface area is 773 Å². The molecule has 0 bridgehead atoms. The summed E-state index contributed by atoms with van der Waals surface area (Å²) in [5, 5.41) is 12.9. The summed E-state index contributed by atoms with van der Waals surface area (Å²) in [6.07, 6.45) is 11.0. The van der Waals surface area contributed by atoms with Crippen LogP contribution in [0, 0.1) is 47.4 Å². The van der Waals surface area contributed by atoms with Crippen molar-refractivity contribution < 1.29 is 98.6 Å². The largest absolute Gasteiger partial charge is 1.00 e. The molecular weight excluding hydrogens is 1980 g/mol. The number of alkyl halides is 1. The Morgan fingerprint density at radius 2 is 0.982 bits per heavy atom. The molecule has 0 aliphatic carbocycles. The van der Waals surface area contributed by atoms with Gasteiger partial charge in [0.15, 0.2) is 34.5 Å². The first kappa shape index (κ1) is 101. The zero-order chi connectivity index (χ0) is 78.4. The van der Waals surface area contributed by atoms with Gasteiger partial charge in [0.1, 0.15) is 18.4 Å². The number of nitrogen functional groups attached to an aromatic ring is 1. The number of anilines is 3. The van der Waals surface area contributed by atoms with Crippen LogP contribution < -0.4 is 98.2 Å². The Kier molecular flexibility index (Phi) is 47.3. The number of aromatic nitrogens is 5. The van der Waals surface area contributed by atoms with Gasteiger partial charge in [-0.1, -0.05) is 134 Å². The van der Waals surface area contributed by atoms with Crippen molar-refractivity contribution in [3.8, 4) is 34.5 Å². The van der Waals surface area contributed by atoms with Crippen LogP contribution in [-0.4, -0.2) is 98.4 Å². The Balaban J connectivity index is 0.000000675. The summed E-state index contributed by atoms with van der Waals surface area (Å²) >= 11 is 11.6. The summed E-state index contributed by atoms with van der Waals surface area (Å²) in [7, 11) is 18.4. The number of methoxy groups -OCH3 is 6. The van der Waals surface area contributed by atoms with Crippen molar-refractivity contribution in [2.45, 2.75) is 79.6 Å². The number of ether oxygens (including phenoxy) is 6. The third-order valence-electron chi connectivity index (χ3n) is 18.0. The third kappa shape index (κ3) is 26.3. The quantitative estimate of drug-likeness (QED) is 0.0137. The molecule has 13 aromatic rings. The number of H-pyrrole nitrogens is 1. The zero-order valence-electron chi connectivity index (χ0n) is 67.0. The topological polar surface area (TPSA) is 178 Å². The van der Waals surface area contributed by atoms with Gasteiger partial charge in [0, 0.05) is 133 Å². The van der Waals surface area contributed by atoms with Crippen LogP contribution in [-0.2, 0) is 63.5 Å². The number of aromatic amines is 1. The summed E-state index contributed by atoms with van der Waals surface area (Å²) < 4.78 is 46.2. The molecule has 0 spiro atoms. The van der Waals surface area contributed by atoms with Crippen molar-refractivity contribution in [2.75, 3.05) is 64.8 Å². The van der Waals surface area contributed by atoms with E-state index in [9.17, 15) is 4.79 Å². The van der Waals surface area contributed by atoms with E-state index >= 15 is 0 Å². The monoisotopic (exact) mass is 2080 g/mol. The van der Waals surface area contributed by atoms with E-state index in [1.165, 1.54) is 110 Å². The fourth-order valence-corrected chi connectivity index (χ4v) is 16.0. The van der Waals surface area contributed by atoms with E-state index in [1.807, 2.05) is 42.2 Å². The van der Waals surface area contributed by atoms with Gasteiger partial charge in [-0.15, -0.1) is 0 Å². The van der Waals surface area contributed by atoms with Crippen molar-refractivity contribution in [3.05, 3.63) is 243 Å². The van der Waals surface area contributed by atoms with Crippen molar-refractivity contribution in [3.63, 3.8) is 0 Å². The van der Waals surface area contributed by atoms with Gasteiger partial charge in [0.2, 0.25) is 0 Å². The molecule has 0 saturated carbocycles. The average molecular weight is 2080 g/mol. The van der Waals surface area contributed by atoms with Crippen LogP contribution in [0.1, 0.15) is 73.5 Å². The van der Waals surface area contributed by atoms with Gasteiger partial charge in [-0.3, -0.25) is 4.79 Å². The van der Waals surface area contributed by atoms with Crippen molar-refractivity contribution in [2.24, 2.45) is 28.2 Å². The average Bonchev–Trinajstić information content (AvgIpc) is 1.59. The fraction of sp³-hybridized carbons (Fsp3) is 0.276. The third-order valence-corrected chi connectivity index (χ3v) is 22.4. The Morgan fingerprint density at radius 1 is 0.541 bits per heavy atom. The first-order valence-electron chi connectivity index (χ1n) is 34.5. The van der Waals surface area contributed by atoms with Gasteiger partial charge in [-0.2, -0.15) is 0 Å². The number of benzene rings is 8. The van der Waals surface area contributed by atoms with E-state index in [0.29, 0.717) is 24.1 Å². The number of hydrogen-bond acceptors (Lipinski definition) is 11. The molecule has 6 heterocycles. The fourth-order valence-electron chi connectivity index (χ4n) is 13.1. The molecule has 0 saturated heterocycles. The number of para-hydroxylation sites is 5. The van der Waals surface area contributed by atoms with E-state index in [1.54, 1.807) is 48.7 Å². The van der Waals surface area contributed by atoms with Gasteiger partial charge in [-0.05, 0) is 261 Å². The Morgan fingerprint density at radius 3 is 1.49 bits per heavy atom. The number of carbonyl (C=O) groups excluding carboxylic acids is 2. The zero-order valence-corrected chi connectivity index (χ0v) is 80.8. The number of fused-ring (bicyclic) bond motifs is 7. The van der Waals surface area contributed by atoms with E-state index in [2.05, 4.69) is 323 Å². The number of nitrogens with one attached hydrogen (secondary N) is 1. The standard InChI is InChI=1S/C22H26INO2.C21H24N2O2.C12H12INO.C9H8IN.C9H13NO2.C8H6IN.C3H4O.CH3I.CN.CH4.B.2Na.H/c1-15-13-16(14-20(25-3)21(15)26-4)9-5-6-11-18-17-10-7-8-12-19(17)24(2)22(18)23;1-14-12-15(13-19(24-3)20(14)25-4)23-11-7-9-17-16-8-5-6-10-18(16)22(2)21(17)23;1-14-11-7-3-2-5-9(11)10(12(14)13)6-4-8-15;1-11-8-5-3-2-4-7(8)6-9(11)10;1-6-4-7(10)5-8(11-2)9(6)12-3;9-8-5-6-3-1-2-4-7(6)10-8;1-2-3-4;2*1-2;;;;;/h7-8,10,12-14H,5-6,9,11H2,1-4H3;5-6,8,10,12-13H,7,9,11H2,1-4H3;2-3,5,7-8H,4,6H2,1H3;2-6H,1H3;4-5H,10H2,1-3H3;1-5,10H;2-3H,1H2;1H3;;1H4;;;;/q;;;;;;;;-1;;;2*+1;-1. The van der Waals surface area contributed by atoms with Crippen molar-refractivity contribution in [1.82, 2.24) is 23.3 Å². The first-order chi connectivity index (χ1) is 51.7. The normalized spacial score (nSPS) is 10.5. The number of nitrogens with two attached hydrogens (primary N) is 1. The first-order valence-corrected chi connectivity index (χ1v) is 40.9. The predicted molar refractivity (Wildman–Crippen MR) is 499 cm³/mol. The van der Waals surface area contributed by atoms with E-state index in [0.717, 1.165) is 102 Å². The van der Waals surface area contributed by atoms with Gasteiger partial charge in [0.25, 0.3) is 0 Å². The van der Waals surface area contributed by atoms with Crippen molar-refractivity contribution in [1.29, 1.82) is 5.26 Å². The van der Waals surface area contributed by atoms with Gasteiger partial charge < -0.3 is 80.4 Å². The summed E-state index contributed by atoms with van der Waals surface area (Å²) in [4.78, 5) is 27.1. The molecule has 111 heavy (non-hydrogen) atoms. The van der Waals surface area contributed by atoms with Crippen LogP contribution in [0.3, 0.4) is 0 Å². The van der Waals surface area contributed by atoms with E-state index < -0.39 is 0 Å². The number of allylic oxidation sites excluding steroid dienone is 1. The van der Waals surface area contributed by atoms with Crippen LogP contribution in [0.15, 0.2) is 183 Å². The van der Waals surface area contributed by atoms with Crippen LogP contribution >= 0.6 is 113 Å². The molecule has 1 aliphatic heterocycles. The number of aryl methyl sites for hydroxylation is 11. The summed E-state index contributed by atoms with van der Waals surface area (Å²) in [5.74, 6) is 5.96. The summed E-state index contributed by atoms with van der Waals surface area (Å²) in [5.41, 5.74) is 22.6. The Bertz CT molecular complexity index is 5080. The number of hydrogen-bond donors (Lipinski definition) is 2. The minimum Gasteiger partial charge on any atom is -1.00 e. The van der Waals surface area contributed by atoms with Gasteiger partial charge in [-0.25, -0.2) is 0 Å². The number of halogens is 5. The minimum atomic E-state index is 0. The minimum absolute atomic E-state index is 0. The predicted octanol–water partition coefficient (Wildman–Crippen LogP) is 16.2. The summed E-state index contributed by atoms with van der Waals surface area (Å²) in [6, 6.07) is 58.9. The van der Waals surface area contributed by atoms with E-state index in [4.69, 9.17) is 50.8 Å². The molecule has 16 nitrogen and oxygen atoms in total. The molecular formula is C87H101BI5N8Na2O8. The second kappa shape index (κ2) is 51.9. The molecule has 577 valence electrons. The molecule has 24 heteroatoms. The molecule has 1 aliphatic rings. The SMILES string of the molecule is C.C=CC=O.CI.COc1cc(CCCCc2c(I)n(C)c3ccccc23)cc(C)c1OC.COc1cc(N)cc(C)c1OC.COc1cc(N2CCCc3c2n(C)c2ccccc32)cc(C)c1OC.Cn1c(I)c(CCC=O)c2ccccc21.Cn1c(I)cc2ccccc21.Ic1cc2ccccc2[nH]1.[B].[C-]#N.[H-].[Na+].[Na+]. The molecule has 5 aromatic heterocycles. The molecule has 3 radical (unpaired) electrons. The molecule has 0 unspecified atom stereocenters. The number of carbonyl (C=O) groups is 2. The smallest absolute Gasteiger partial charge is 1.00 e. The molecule has 14 rings (SSSR count). The van der Waals surface area contributed by atoms with Gasteiger partial charge >= 0.3 is 59.1 Å². The maximum atomic E-state index is 10.4. The molecule has 0 amide bonds.